The largest absolute Gasteiger partial charge is 0.302 e. The zero-order chi connectivity index (χ0) is 10.7. The summed E-state index contributed by atoms with van der Waals surface area (Å²) in [5.41, 5.74) is 1.23. The first kappa shape index (κ1) is 10.8. The zero-order valence-corrected chi connectivity index (χ0v) is 9.50. The van der Waals surface area contributed by atoms with E-state index < -0.39 is 11.1 Å². The van der Waals surface area contributed by atoms with Crippen LogP contribution in [0.4, 0.5) is 0 Å². The van der Waals surface area contributed by atoms with Crippen LogP contribution in [0.2, 0.25) is 0 Å². The van der Waals surface area contributed by atoms with E-state index in [9.17, 15) is 4.21 Å². The van der Waals surface area contributed by atoms with E-state index in [1.807, 2.05) is 12.1 Å². The van der Waals surface area contributed by atoms with Crippen molar-refractivity contribution in [3.8, 4) is 0 Å². The van der Waals surface area contributed by atoms with Crippen molar-refractivity contribution in [3.05, 3.63) is 29.8 Å². The van der Waals surface area contributed by atoms with Crippen molar-refractivity contribution in [1.82, 2.24) is 0 Å². The van der Waals surface area contributed by atoms with E-state index in [1.54, 1.807) is 6.07 Å². The number of benzene rings is 1. The smallest absolute Gasteiger partial charge is 0.186 e. The molecule has 0 amide bonds. The molecular weight excluding hydrogens is 208 g/mol. The Balaban J connectivity index is 2.19. The highest BCUT2D eigenvalue weighted by Gasteiger charge is 2.16. The summed E-state index contributed by atoms with van der Waals surface area (Å²) in [6, 6.07) is 7.55. The average Bonchev–Trinajstić information content (AvgIpc) is 2.30. The van der Waals surface area contributed by atoms with Crippen molar-refractivity contribution in [2.75, 3.05) is 0 Å². The molecule has 0 saturated heterocycles. The lowest BCUT2D eigenvalue weighted by Gasteiger charge is -2.22. The SMILES string of the molecule is O=S(O)c1cccc(C2CCCCC2)c1. The van der Waals surface area contributed by atoms with Gasteiger partial charge in [-0.3, -0.25) is 0 Å². The Morgan fingerprint density at radius 1 is 1.20 bits per heavy atom. The van der Waals surface area contributed by atoms with E-state index in [2.05, 4.69) is 6.07 Å². The lowest BCUT2D eigenvalue weighted by Crippen LogP contribution is -2.05. The summed E-state index contributed by atoms with van der Waals surface area (Å²) in [6.45, 7) is 0. The fraction of sp³-hybridized carbons (Fsp3) is 0.500. The van der Waals surface area contributed by atoms with E-state index in [4.69, 9.17) is 4.55 Å². The van der Waals surface area contributed by atoms with Crippen molar-refractivity contribution in [1.29, 1.82) is 0 Å². The minimum Gasteiger partial charge on any atom is -0.302 e. The van der Waals surface area contributed by atoms with E-state index in [0.717, 1.165) is 0 Å². The van der Waals surface area contributed by atoms with Gasteiger partial charge in [-0.25, -0.2) is 4.21 Å². The molecule has 1 fully saturated rings. The molecule has 0 aliphatic heterocycles. The first-order valence-electron chi connectivity index (χ1n) is 5.48. The van der Waals surface area contributed by atoms with Crippen LogP contribution in [-0.4, -0.2) is 8.76 Å². The molecule has 1 atom stereocenters. The fourth-order valence-corrected chi connectivity index (χ4v) is 2.74. The molecule has 15 heavy (non-hydrogen) atoms. The van der Waals surface area contributed by atoms with Gasteiger partial charge in [0.15, 0.2) is 11.1 Å². The summed E-state index contributed by atoms with van der Waals surface area (Å²) in [5, 5.41) is 0. The standard InChI is InChI=1S/C12H16O2S/c13-15(14)12-8-4-7-11(9-12)10-5-2-1-3-6-10/h4,7-10H,1-3,5-6H2,(H,13,14). The van der Waals surface area contributed by atoms with Crippen LogP contribution in [0.15, 0.2) is 29.2 Å². The summed E-state index contributed by atoms with van der Waals surface area (Å²) in [6.07, 6.45) is 6.36. The maximum atomic E-state index is 10.9. The lowest BCUT2D eigenvalue weighted by atomic mass is 9.84. The second-order valence-corrected chi connectivity index (χ2v) is 5.13. The maximum Gasteiger partial charge on any atom is 0.186 e. The predicted molar refractivity (Wildman–Crippen MR) is 61.3 cm³/mol. The molecule has 0 heterocycles. The molecule has 1 aromatic rings. The Bertz CT molecular complexity index is 356. The van der Waals surface area contributed by atoms with Gasteiger partial charge in [-0.1, -0.05) is 31.4 Å². The molecule has 1 unspecified atom stereocenters. The van der Waals surface area contributed by atoms with Crippen LogP contribution in [0.1, 0.15) is 43.6 Å². The third-order valence-corrected chi connectivity index (χ3v) is 3.79. The zero-order valence-electron chi connectivity index (χ0n) is 8.69. The maximum absolute atomic E-state index is 10.9. The van der Waals surface area contributed by atoms with Gasteiger partial charge in [0.1, 0.15) is 0 Å². The topological polar surface area (TPSA) is 37.3 Å². The summed E-state index contributed by atoms with van der Waals surface area (Å²) in [4.78, 5) is 0.526. The first-order valence-corrected chi connectivity index (χ1v) is 6.59. The predicted octanol–water partition coefficient (Wildman–Crippen LogP) is 3.31. The van der Waals surface area contributed by atoms with Crippen LogP contribution >= 0.6 is 0 Å². The molecule has 0 radical (unpaired) electrons. The average molecular weight is 224 g/mol. The fourth-order valence-electron chi connectivity index (χ4n) is 2.31. The normalized spacial score (nSPS) is 20.1. The molecule has 1 N–H and O–H groups in total. The quantitative estimate of drug-likeness (QED) is 0.782. The highest BCUT2D eigenvalue weighted by Crippen LogP contribution is 2.32. The molecule has 2 rings (SSSR count). The Morgan fingerprint density at radius 3 is 2.60 bits per heavy atom. The Morgan fingerprint density at radius 2 is 1.93 bits per heavy atom. The van der Waals surface area contributed by atoms with Crippen LogP contribution in [0.5, 0.6) is 0 Å². The van der Waals surface area contributed by atoms with Crippen LogP contribution in [0, 0.1) is 0 Å². The summed E-state index contributed by atoms with van der Waals surface area (Å²) >= 11 is -1.84. The Hall–Kier alpha value is -0.670. The van der Waals surface area contributed by atoms with E-state index in [1.165, 1.54) is 37.7 Å². The van der Waals surface area contributed by atoms with Gasteiger partial charge >= 0.3 is 0 Å². The highest BCUT2D eigenvalue weighted by atomic mass is 32.2. The Kier molecular flexibility index (Phi) is 3.54. The van der Waals surface area contributed by atoms with Gasteiger partial charge in [0, 0.05) is 0 Å². The van der Waals surface area contributed by atoms with Gasteiger partial charge in [-0.05, 0) is 36.5 Å². The molecule has 3 heteroatoms. The summed E-state index contributed by atoms with van der Waals surface area (Å²) in [5.74, 6) is 0.599. The molecule has 1 aliphatic carbocycles. The van der Waals surface area contributed by atoms with Gasteiger partial charge in [-0.15, -0.1) is 0 Å². The highest BCUT2D eigenvalue weighted by molar-refractivity contribution is 7.79. The molecule has 1 aliphatic rings. The summed E-state index contributed by atoms with van der Waals surface area (Å²) in [7, 11) is 0. The Labute approximate surface area is 93.0 Å². The molecule has 1 saturated carbocycles. The van der Waals surface area contributed by atoms with Crippen LogP contribution in [0.25, 0.3) is 0 Å². The van der Waals surface area contributed by atoms with Crippen LogP contribution < -0.4 is 0 Å². The molecule has 0 spiro atoms. The van der Waals surface area contributed by atoms with E-state index >= 15 is 0 Å². The second kappa shape index (κ2) is 4.90. The van der Waals surface area contributed by atoms with Crippen molar-refractivity contribution in [2.24, 2.45) is 0 Å². The van der Waals surface area contributed by atoms with Crippen LogP contribution in [0.3, 0.4) is 0 Å². The molecule has 82 valence electrons. The molecule has 1 aromatic carbocycles. The molecular formula is C12H16O2S. The van der Waals surface area contributed by atoms with E-state index in [-0.39, 0.29) is 0 Å². The van der Waals surface area contributed by atoms with Gasteiger partial charge < -0.3 is 4.55 Å². The number of hydrogen-bond donors (Lipinski definition) is 1. The van der Waals surface area contributed by atoms with Gasteiger partial charge in [-0.2, -0.15) is 0 Å². The summed E-state index contributed by atoms with van der Waals surface area (Å²) < 4.78 is 20.0. The minimum absolute atomic E-state index is 0.526. The van der Waals surface area contributed by atoms with Crippen molar-refractivity contribution in [2.45, 2.75) is 42.9 Å². The van der Waals surface area contributed by atoms with Gasteiger partial charge in [0.2, 0.25) is 0 Å². The van der Waals surface area contributed by atoms with E-state index in [0.29, 0.717) is 10.8 Å². The third kappa shape index (κ3) is 2.67. The minimum atomic E-state index is -1.84. The second-order valence-electron chi connectivity index (χ2n) is 4.16. The monoisotopic (exact) mass is 224 g/mol. The number of rotatable bonds is 2. The van der Waals surface area contributed by atoms with Gasteiger partial charge in [0.05, 0.1) is 4.90 Å². The molecule has 2 nitrogen and oxygen atoms in total. The third-order valence-electron chi connectivity index (χ3n) is 3.14. The van der Waals surface area contributed by atoms with Crippen molar-refractivity contribution >= 4 is 11.1 Å². The van der Waals surface area contributed by atoms with Gasteiger partial charge in [0.25, 0.3) is 0 Å². The lowest BCUT2D eigenvalue weighted by molar-refractivity contribution is 0.443. The molecule has 0 bridgehead atoms. The molecule has 0 aromatic heterocycles. The van der Waals surface area contributed by atoms with Crippen molar-refractivity contribution < 1.29 is 8.76 Å². The first-order chi connectivity index (χ1) is 7.27. The number of hydrogen-bond acceptors (Lipinski definition) is 1. The van der Waals surface area contributed by atoms with Crippen molar-refractivity contribution in [3.63, 3.8) is 0 Å². The van der Waals surface area contributed by atoms with Crippen LogP contribution in [-0.2, 0) is 11.1 Å².